The van der Waals surface area contributed by atoms with Gasteiger partial charge in [0.05, 0.1) is 28.6 Å². The van der Waals surface area contributed by atoms with Gasteiger partial charge >= 0.3 is 0 Å². The Morgan fingerprint density at radius 2 is 0.476 bits per heavy atom. The van der Waals surface area contributed by atoms with Gasteiger partial charge in [0, 0.05) is 10.8 Å². The number of phenolic OH excluding ortho intramolecular Hbond substituents is 4. The van der Waals surface area contributed by atoms with Crippen molar-refractivity contribution in [3.63, 3.8) is 0 Å². The molecule has 1 saturated carbocycles. The van der Waals surface area contributed by atoms with Gasteiger partial charge in [-0.05, 0) is 277 Å². The lowest BCUT2D eigenvalue weighted by Gasteiger charge is -2.48. The Labute approximate surface area is 353 Å². The standard InChI is InChI=1S/C30H20I8O4/c31-17-5-13(6-18(32)25(17)39)29(14-7-19(33)26(40)20(34)8-14)1-2-30(4-3-29,15-9-21(35)27(41)22(36)10-15)16-11-23(37)28(42)24(38)12-16/h5-12,39-42H,1-4H2. The number of halogens is 8. The highest BCUT2D eigenvalue weighted by Crippen LogP contribution is 2.56. The summed E-state index contributed by atoms with van der Waals surface area (Å²) in [6, 6.07) is 16.9. The van der Waals surface area contributed by atoms with E-state index >= 15 is 0 Å². The largest absolute Gasteiger partial charge is 0.506 e. The third-order valence-electron chi connectivity index (χ3n) is 8.24. The van der Waals surface area contributed by atoms with Gasteiger partial charge in [-0.2, -0.15) is 0 Å². The van der Waals surface area contributed by atoms with Crippen LogP contribution in [0.2, 0.25) is 0 Å². The van der Waals surface area contributed by atoms with E-state index in [-0.39, 0.29) is 10.8 Å². The van der Waals surface area contributed by atoms with Gasteiger partial charge in [-0.1, -0.05) is 0 Å². The molecular formula is C30H20I8O4. The number of rotatable bonds is 4. The molecule has 0 aliphatic heterocycles. The molecule has 0 heterocycles. The van der Waals surface area contributed by atoms with Crippen molar-refractivity contribution in [3.8, 4) is 23.0 Å². The number of hydrogen-bond donors (Lipinski definition) is 4. The average molecular weight is 1460 g/mol. The lowest BCUT2D eigenvalue weighted by Crippen LogP contribution is -2.41. The van der Waals surface area contributed by atoms with Gasteiger partial charge in [-0.3, -0.25) is 0 Å². The monoisotopic (exact) mass is 1460 g/mol. The SMILES string of the molecule is Oc1c(I)cc(C2(c3cc(I)c(O)c(I)c3)CCC(c3cc(I)c(O)c(I)c3)(c3cc(I)c(O)c(I)c3)CC2)cc1I. The quantitative estimate of drug-likeness (QED) is 0.154. The zero-order chi connectivity index (χ0) is 30.7. The van der Waals surface area contributed by atoms with Crippen LogP contribution in [0.3, 0.4) is 0 Å². The summed E-state index contributed by atoms with van der Waals surface area (Å²) >= 11 is 17.7. The molecule has 4 aromatic carbocycles. The molecule has 220 valence electrons. The smallest absolute Gasteiger partial charge is 0.142 e. The minimum atomic E-state index is -0.348. The lowest BCUT2D eigenvalue weighted by molar-refractivity contribution is 0.255. The van der Waals surface area contributed by atoms with Crippen LogP contribution < -0.4 is 0 Å². The minimum absolute atomic E-state index is 0.302. The first-order chi connectivity index (χ1) is 19.7. The normalized spacial score (nSPS) is 16.0. The summed E-state index contributed by atoms with van der Waals surface area (Å²) in [6.45, 7) is 0. The summed E-state index contributed by atoms with van der Waals surface area (Å²) in [5.74, 6) is 1.21. The molecule has 0 spiro atoms. The van der Waals surface area contributed by atoms with E-state index in [4.69, 9.17) is 0 Å². The third kappa shape index (κ3) is 6.50. The van der Waals surface area contributed by atoms with Crippen molar-refractivity contribution in [2.45, 2.75) is 36.5 Å². The molecule has 4 aromatic rings. The highest BCUT2D eigenvalue weighted by atomic mass is 127. The van der Waals surface area contributed by atoms with Crippen LogP contribution in [-0.4, -0.2) is 20.4 Å². The first kappa shape index (κ1) is 35.2. The predicted octanol–water partition coefficient (Wildman–Crippen LogP) is 11.2. The molecular weight excluding hydrogens is 1440 g/mol. The molecule has 0 aromatic heterocycles. The van der Waals surface area contributed by atoms with Crippen molar-refractivity contribution in [1.82, 2.24) is 0 Å². The van der Waals surface area contributed by atoms with E-state index in [9.17, 15) is 20.4 Å². The Bertz CT molecular complexity index is 1390. The topological polar surface area (TPSA) is 80.9 Å². The van der Waals surface area contributed by atoms with Gasteiger partial charge in [-0.15, -0.1) is 0 Å². The highest BCUT2D eigenvalue weighted by molar-refractivity contribution is 14.1. The number of benzene rings is 4. The first-order valence-electron chi connectivity index (χ1n) is 12.4. The maximum absolute atomic E-state index is 10.6. The Morgan fingerprint density at radius 3 is 0.619 bits per heavy atom. The summed E-state index contributed by atoms with van der Waals surface area (Å²) < 4.78 is 6.55. The highest BCUT2D eigenvalue weighted by Gasteiger charge is 2.47. The van der Waals surface area contributed by atoms with E-state index in [1.165, 1.54) is 0 Å². The summed E-state index contributed by atoms with van der Waals surface area (Å²) in [5, 5.41) is 42.6. The van der Waals surface area contributed by atoms with Crippen molar-refractivity contribution >= 4 is 181 Å². The molecule has 4 nitrogen and oxygen atoms in total. The third-order valence-corrected chi connectivity index (χ3v) is 14.8. The van der Waals surface area contributed by atoms with Crippen LogP contribution in [0.5, 0.6) is 23.0 Å². The first-order valence-corrected chi connectivity index (χ1v) is 21.1. The van der Waals surface area contributed by atoms with Crippen LogP contribution in [0.15, 0.2) is 48.5 Å². The molecule has 12 heteroatoms. The van der Waals surface area contributed by atoms with Crippen LogP contribution >= 0.6 is 181 Å². The fourth-order valence-corrected chi connectivity index (χ4v) is 13.0. The van der Waals surface area contributed by atoms with Crippen molar-refractivity contribution in [2.24, 2.45) is 0 Å². The second-order valence-electron chi connectivity index (χ2n) is 10.3. The van der Waals surface area contributed by atoms with Gasteiger partial charge in [0.25, 0.3) is 0 Å². The van der Waals surface area contributed by atoms with Gasteiger partial charge in [0.1, 0.15) is 23.0 Å². The van der Waals surface area contributed by atoms with Crippen molar-refractivity contribution < 1.29 is 20.4 Å². The number of hydrogen-bond acceptors (Lipinski definition) is 4. The Hall–Kier alpha value is 1.92. The Balaban J connectivity index is 1.75. The van der Waals surface area contributed by atoms with Gasteiger partial charge in [0.2, 0.25) is 0 Å². The van der Waals surface area contributed by atoms with Gasteiger partial charge in [0.15, 0.2) is 0 Å². The van der Waals surface area contributed by atoms with Crippen molar-refractivity contribution in [3.05, 3.63) is 99.3 Å². The fourth-order valence-electron chi connectivity index (χ4n) is 5.96. The molecule has 4 N–H and O–H groups in total. The van der Waals surface area contributed by atoms with Gasteiger partial charge in [-0.25, -0.2) is 0 Å². The number of phenols is 4. The number of aromatic hydroxyl groups is 4. The molecule has 0 atom stereocenters. The molecule has 0 unspecified atom stereocenters. The summed E-state index contributed by atoms with van der Waals surface area (Å²) in [5.41, 5.74) is 3.93. The summed E-state index contributed by atoms with van der Waals surface area (Å²) in [7, 11) is 0. The Morgan fingerprint density at radius 1 is 0.333 bits per heavy atom. The van der Waals surface area contributed by atoms with E-state index in [1.54, 1.807) is 0 Å². The van der Waals surface area contributed by atoms with Crippen LogP contribution in [0.25, 0.3) is 0 Å². The predicted molar refractivity (Wildman–Crippen MR) is 234 cm³/mol. The van der Waals surface area contributed by atoms with Gasteiger partial charge < -0.3 is 20.4 Å². The molecule has 0 saturated heterocycles. The molecule has 5 rings (SSSR count). The summed E-state index contributed by atoms with van der Waals surface area (Å²) in [6.07, 6.45) is 3.29. The van der Waals surface area contributed by atoms with Crippen LogP contribution in [0, 0.1) is 28.6 Å². The van der Waals surface area contributed by atoms with E-state index < -0.39 is 0 Å². The van der Waals surface area contributed by atoms with E-state index in [1.807, 2.05) is 0 Å². The van der Waals surface area contributed by atoms with E-state index in [2.05, 4.69) is 229 Å². The average Bonchev–Trinajstić information content (AvgIpc) is 2.95. The molecule has 1 fully saturated rings. The van der Waals surface area contributed by atoms with Crippen LogP contribution in [0.1, 0.15) is 47.9 Å². The summed E-state index contributed by atoms with van der Waals surface area (Å²) in [4.78, 5) is 0. The second-order valence-corrected chi connectivity index (χ2v) is 19.6. The zero-order valence-corrected chi connectivity index (χ0v) is 38.5. The van der Waals surface area contributed by atoms with Crippen LogP contribution in [-0.2, 0) is 10.8 Å². The maximum atomic E-state index is 10.6. The molecule has 1 aliphatic rings. The molecule has 1 aliphatic carbocycles. The molecule has 0 bridgehead atoms. The Kier molecular flexibility index (Phi) is 11.6. The van der Waals surface area contributed by atoms with Crippen LogP contribution in [0.4, 0.5) is 0 Å². The fraction of sp³-hybridized carbons (Fsp3) is 0.200. The van der Waals surface area contributed by atoms with E-state index in [0.717, 1.165) is 76.5 Å². The zero-order valence-electron chi connectivity index (χ0n) is 21.3. The van der Waals surface area contributed by atoms with Crippen molar-refractivity contribution in [1.29, 1.82) is 0 Å². The van der Waals surface area contributed by atoms with Crippen molar-refractivity contribution in [2.75, 3.05) is 0 Å². The molecule has 0 amide bonds. The minimum Gasteiger partial charge on any atom is -0.506 e. The van der Waals surface area contributed by atoms with E-state index in [0.29, 0.717) is 23.0 Å². The second kappa shape index (κ2) is 13.8. The molecule has 42 heavy (non-hydrogen) atoms. The lowest BCUT2D eigenvalue weighted by atomic mass is 9.55. The maximum Gasteiger partial charge on any atom is 0.142 e. The molecule has 0 radical (unpaired) electrons.